The van der Waals surface area contributed by atoms with Gasteiger partial charge in [-0.15, -0.1) is 0 Å². The van der Waals surface area contributed by atoms with E-state index in [4.69, 9.17) is 10.2 Å². The summed E-state index contributed by atoms with van der Waals surface area (Å²) in [6.07, 6.45) is 2.64. The molecule has 1 rings (SSSR count). The van der Waals surface area contributed by atoms with E-state index in [1.165, 1.54) is 0 Å². The number of amides is 1. The highest BCUT2D eigenvalue weighted by molar-refractivity contribution is 5.64. The lowest BCUT2D eigenvalue weighted by Crippen LogP contribution is -2.37. The molecule has 4 nitrogen and oxygen atoms in total. The van der Waals surface area contributed by atoms with Crippen molar-refractivity contribution in [3.05, 3.63) is 0 Å². The summed E-state index contributed by atoms with van der Waals surface area (Å²) in [5.41, 5.74) is 0. The lowest BCUT2D eigenvalue weighted by atomic mass is 9.87. The van der Waals surface area contributed by atoms with Crippen LogP contribution in [0.5, 0.6) is 0 Å². The molecular formula is C8H15NO3. The molecule has 1 fully saturated rings. The quantitative estimate of drug-likeness (QED) is 0.578. The second kappa shape index (κ2) is 4.30. The molecule has 70 valence electrons. The number of aliphatic hydroxyl groups excluding tert-OH is 1. The number of rotatable bonds is 2. The van der Waals surface area contributed by atoms with Crippen molar-refractivity contribution in [1.82, 2.24) is 5.32 Å². The van der Waals surface area contributed by atoms with Crippen LogP contribution < -0.4 is 5.32 Å². The smallest absolute Gasteiger partial charge is 0.404 e. The van der Waals surface area contributed by atoms with Crippen molar-refractivity contribution in [2.24, 2.45) is 5.92 Å². The first-order valence-corrected chi connectivity index (χ1v) is 4.32. The maximum atomic E-state index is 10.3. The zero-order valence-corrected chi connectivity index (χ0v) is 6.99. The van der Waals surface area contributed by atoms with E-state index >= 15 is 0 Å². The first-order valence-electron chi connectivity index (χ1n) is 4.32. The lowest BCUT2D eigenvalue weighted by molar-refractivity contribution is 0.162. The Labute approximate surface area is 71.6 Å². The highest BCUT2D eigenvalue weighted by Gasteiger charge is 2.21. The summed E-state index contributed by atoms with van der Waals surface area (Å²) in [7, 11) is 0. The normalized spacial score (nSPS) is 29.8. The molecule has 0 radical (unpaired) electrons. The fourth-order valence-corrected chi connectivity index (χ4v) is 1.66. The van der Waals surface area contributed by atoms with Crippen molar-refractivity contribution in [2.75, 3.05) is 6.61 Å². The summed E-state index contributed by atoms with van der Waals surface area (Å²) in [4.78, 5) is 10.3. The minimum absolute atomic E-state index is 0.102. The fourth-order valence-electron chi connectivity index (χ4n) is 1.66. The minimum Gasteiger partial charge on any atom is -0.465 e. The van der Waals surface area contributed by atoms with Crippen molar-refractivity contribution in [3.63, 3.8) is 0 Å². The Morgan fingerprint density at radius 3 is 2.33 bits per heavy atom. The molecule has 1 aliphatic rings. The highest BCUT2D eigenvalue weighted by Crippen LogP contribution is 2.23. The number of carboxylic acid groups (broad SMARTS) is 1. The highest BCUT2D eigenvalue weighted by atomic mass is 16.4. The summed E-state index contributed by atoms with van der Waals surface area (Å²) >= 11 is 0. The summed E-state index contributed by atoms with van der Waals surface area (Å²) < 4.78 is 0. The molecular weight excluding hydrogens is 158 g/mol. The van der Waals surface area contributed by atoms with Crippen LogP contribution in [0.4, 0.5) is 4.79 Å². The molecule has 0 atom stereocenters. The van der Waals surface area contributed by atoms with Gasteiger partial charge in [-0.1, -0.05) is 0 Å². The molecule has 0 aliphatic heterocycles. The van der Waals surface area contributed by atoms with E-state index in [0.717, 1.165) is 25.7 Å². The van der Waals surface area contributed by atoms with Gasteiger partial charge in [0.2, 0.25) is 0 Å². The van der Waals surface area contributed by atoms with Crippen molar-refractivity contribution in [1.29, 1.82) is 0 Å². The molecule has 1 amide bonds. The van der Waals surface area contributed by atoms with Gasteiger partial charge in [0.05, 0.1) is 0 Å². The standard InChI is InChI=1S/C8H15NO3/c10-5-6-1-3-7(4-2-6)9-8(11)12/h6-7,9-10H,1-5H2,(H,11,12). The Balaban J connectivity index is 2.21. The summed E-state index contributed by atoms with van der Waals surface area (Å²) in [6, 6.07) is 0.102. The van der Waals surface area contributed by atoms with E-state index in [2.05, 4.69) is 5.32 Å². The summed E-state index contributed by atoms with van der Waals surface area (Å²) in [6.45, 7) is 0.236. The van der Waals surface area contributed by atoms with Crippen LogP contribution in [0.3, 0.4) is 0 Å². The van der Waals surface area contributed by atoms with Gasteiger partial charge in [0.1, 0.15) is 0 Å². The Bertz CT molecular complexity index is 152. The van der Waals surface area contributed by atoms with E-state index in [1.807, 2.05) is 0 Å². The second-order valence-corrected chi connectivity index (χ2v) is 3.35. The summed E-state index contributed by atoms with van der Waals surface area (Å²) in [5, 5.41) is 19.7. The minimum atomic E-state index is -0.942. The first kappa shape index (κ1) is 9.32. The molecule has 0 aromatic carbocycles. The molecule has 0 unspecified atom stereocenters. The molecule has 12 heavy (non-hydrogen) atoms. The number of aliphatic hydroxyl groups is 1. The van der Waals surface area contributed by atoms with Crippen LogP contribution in [0.2, 0.25) is 0 Å². The Morgan fingerprint density at radius 2 is 1.92 bits per heavy atom. The van der Waals surface area contributed by atoms with Gasteiger partial charge < -0.3 is 15.5 Å². The Hall–Kier alpha value is -0.770. The van der Waals surface area contributed by atoms with Crippen LogP contribution in [-0.2, 0) is 0 Å². The van der Waals surface area contributed by atoms with Gasteiger partial charge in [-0.3, -0.25) is 0 Å². The van der Waals surface area contributed by atoms with Crippen molar-refractivity contribution < 1.29 is 15.0 Å². The predicted octanol–water partition coefficient (Wildman–Crippen LogP) is 0.805. The van der Waals surface area contributed by atoms with Gasteiger partial charge in [0, 0.05) is 12.6 Å². The van der Waals surface area contributed by atoms with Crippen LogP contribution in [0.15, 0.2) is 0 Å². The Morgan fingerprint density at radius 1 is 1.33 bits per heavy atom. The monoisotopic (exact) mass is 173 g/mol. The number of carbonyl (C=O) groups is 1. The number of hydrogen-bond donors (Lipinski definition) is 3. The van der Waals surface area contributed by atoms with Crippen LogP contribution in [0.1, 0.15) is 25.7 Å². The summed E-state index contributed by atoms with van der Waals surface area (Å²) in [5.74, 6) is 0.386. The number of hydrogen-bond acceptors (Lipinski definition) is 2. The average Bonchev–Trinajstić information content (AvgIpc) is 2.05. The van der Waals surface area contributed by atoms with Crippen molar-refractivity contribution in [2.45, 2.75) is 31.7 Å². The van der Waals surface area contributed by atoms with E-state index in [0.29, 0.717) is 5.92 Å². The van der Waals surface area contributed by atoms with Crippen molar-refractivity contribution in [3.8, 4) is 0 Å². The third kappa shape index (κ3) is 2.70. The van der Waals surface area contributed by atoms with Crippen LogP contribution >= 0.6 is 0 Å². The molecule has 3 N–H and O–H groups in total. The lowest BCUT2D eigenvalue weighted by Gasteiger charge is -2.26. The molecule has 0 saturated heterocycles. The van der Waals surface area contributed by atoms with Crippen molar-refractivity contribution >= 4 is 6.09 Å². The fraction of sp³-hybridized carbons (Fsp3) is 0.875. The molecule has 4 heteroatoms. The maximum absolute atomic E-state index is 10.3. The molecule has 0 bridgehead atoms. The molecule has 1 aliphatic carbocycles. The van der Waals surface area contributed by atoms with Crippen LogP contribution in [0.25, 0.3) is 0 Å². The second-order valence-electron chi connectivity index (χ2n) is 3.35. The third-order valence-corrected chi connectivity index (χ3v) is 2.43. The van der Waals surface area contributed by atoms with E-state index in [-0.39, 0.29) is 12.6 Å². The first-order chi connectivity index (χ1) is 5.72. The SMILES string of the molecule is O=C(O)NC1CCC(CO)CC1. The van der Waals surface area contributed by atoms with Crippen LogP contribution in [0, 0.1) is 5.92 Å². The van der Waals surface area contributed by atoms with Crippen LogP contribution in [-0.4, -0.2) is 29.0 Å². The molecule has 1 saturated carbocycles. The van der Waals surface area contributed by atoms with Gasteiger partial charge in [0.25, 0.3) is 0 Å². The van der Waals surface area contributed by atoms with Gasteiger partial charge in [-0.25, -0.2) is 4.79 Å². The Kier molecular flexibility index (Phi) is 3.34. The van der Waals surface area contributed by atoms with E-state index in [1.54, 1.807) is 0 Å². The zero-order valence-electron chi connectivity index (χ0n) is 6.99. The van der Waals surface area contributed by atoms with Gasteiger partial charge >= 0.3 is 6.09 Å². The van der Waals surface area contributed by atoms with Gasteiger partial charge in [-0.2, -0.15) is 0 Å². The topological polar surface area (TPSA) is 69.6 Å². The molecule has 0 aromatic heterocycles. The maximum Gasteiger partial charge on any atom is 0.404 e. The molecule has 0 spiro atoms. The van der Waals surface area contributed by atoms with E-state index in [9.17, 15) is 4.79 Å². The molecule has 0 heterocycles. The van der Waals surface area contributed by atoms with E-state index < -0.39 is 6.09 Å². The zero-order chi connectivity index (χ0) is 8.97. The largest absolute Gasteiger partial charge is 0.465 e. The van der Waals surface area contributed by atoms with Gasteiger partial charge in [-0.05, 0) is 31.6 Å². The average molecular weight is 173 g/mol. The predicted molar refractivity (Wildman–Crippen MR) is 44.0 cm³/mol. The molecule has 0 aromatic rings. The third-order valence-electron chi connectivity index (χ3n) is 2.43. The number of nitrogens with one attached hydrogen (secondary N) is 1. The van der Waals surface area contributed by atoms with Gasteiger partial charge in [0.15, 0.2) is 0 Å².